The zero-order chi connectivity index (χ0) is 11.5. The SMILES string of the molecule is CC(O)C1CCN(S(=O)(=O)CCCN)C1. The van der Waals surface area contributed by atoms with Gasteiger partial charge in [-0.25, -0.2) is 12.7 Å². The van der Waals surface area contributed by atoms with Crippen LogP contribution in [0.3, 0.4) is 0 Å². The largest absolute Gasteiger partial charge is 0.393 e. The Kier molecular flexibility index (Phi) is 4.51. The zero-order valence-electron chi connectivity index (χ0n) is 9.09. The lowest BCUT2D eigenvalue weighted by molar-refractivity contribution is 0.133. The summed E-state index contributed by atoms with van der Waals surface area (Å²) in [4.78, 5) is 0. The van der Waals surface area contributed by atoms with Gasteiger partial charge in [0, 0.05) is 13.1 Å². The molecule has 0 radical (unpaired) electrons. The molecule has 1 rings (SSSR count). The smallest absolute Gasteiger partial charge is 0.214 e. The van der Waals surface area contributed by atoms with Crippen molar-refractivity contribution < 1.29 is 13.5 Å². The Morgan fingerprint density at radius 1 is 1.60 bits per heavy atom. The second kappa shape index (κ2) is 5.25. The molecule has 0 aromatic rings. The molecular formula is C9H20N2O3S. The molecule has 0 aliphatic carbocycles. The third kappa shape index (κ3) is 3.41. The van der Waals surface area contributed by atoms with Crippen LogP contribution in [0.5, 0.6) is 0 Å². The number of aliphatic hydroxyl groups is 1. The minimum atomic E-state index is -3.15. The van der Waals surface area contributed by atoms with Crippen molar-refractivity contribution >= 4 is 10.0 Å². The van der Waals surface area contributed by atoms with Gasteiger partial charge in [0.15, 0.2) is 0 Å². The number of sulfonamides is 1. The van der Waals surface area contributed by atoms with Crippen molar-refractivity contribution in [1.29, 1.82) is 0 Å². The summed E-state index contributed by atoms with van der Waals surface area (Å²) >= 11 is 0. The molecule has 15 heavy (non-hydrogen) atoms. The van der Waals surface area contributed by atoms with Crippen LogP contribution in [0.15, 0.2) is 0 Å². The summed E-state index contributed by atoms with van der Waals surface area (Å²) in [6.45, 7) is 3.08. The zero-order valence-corrected chi connectivity index (χ0v) is 9.91. The summed E-state index contributed by atoms with van der Waals surface area (Å²) in [5, 5.41) is 9.37. The lowest BCUT2D eigenvalue weighted by Crippen LogP contribution is -2.32. The van der Waals surface area contributed by atoms with Crippen molar-refractivity contribution in [3.63, 3.8) is 0 Å². The fourth-order valence-electron chi connectivity index (χ4n) is 1.80. The Hall–Kier alpha value is -0.170. The molecular weight excluding hydrogens is 216 g/mol. The van der Waals surface area contributed by atoms with Gasteiger partial charge in [-0.1, -0.05) is 0 Å². The molecule has 0 aromatic heterocycles. The maximum atomic E-state index is 11.7. The second-order valence-corrected chi connectivity index (χ2v) is 6.19. The summed E-state index contributed by atoms with van der Waals surface area (Å²) in [5.74, 6) is 0.202. The lowest BCUT2D eigenvalue weighted by atomic mass is 10.0. The van der Waals surface area contributed by atoms with Gasteiger partial charge in [0.05, 0.1) is 11.9 Å². The van der Waals surface area contributed by atoms with Gasteiger partial charge < -0.3 is 10.8 Å². The predicted molar refractivity (Wildman–Crippen MR) is 58.8 cm³/mol. The predicted octanol–water partition coefficient (Wildman–Crippen LogP) is -0.632. The lowest BCUT2D eigenvalue weighted by Gasteiger charge is -2.17. The minimum Gasteiger partial charge on any atom is -0.393 e. The van der Waals surface area contributed by atoms with Gasteiger partial charge in [-0.3, -0.25) is 0 Å². The van der Waals surface area contributed by atoms with E-state index in [9.17, 15) is 13.5 Å². The van der Waals surface area contributed by atoms with E-state index in [0.29, 0.717) is 26.1 Å². The number of hydrogen-bond donors (Lipinski definition) is 2. The number of nitrogens with two attached hydrogens (primary N) is 1. The van der Waals surface area contributed by atoms with E-state index < -0.39 is 16.1 Å². The maximum absolute atomic E-state index is 11.7. The van der Waals surface area contributed by atoms with Crippen molar-refractivity contribution in [3.8, 4) is 0 Å². The van der Waals surface area contributed by atoms with Crippen LogP contribution >= 0.6 is 0 Å². The van der Waals surface area contributed by atoms with Gasteiger partial charge in [0.25, 0.3) is 0 Å². The van der Waals surface area contributed by atoms with E-state index in [1.54, 1.807) is 6.92 Å². The highest BCUT2D eigenvalue weighted by molar-refractivity contribution is 7.89. The van der Waals surface area contributed by atoms with E-state index in [1.165, 1.54) is 4.31 Å². The summed E-state index contributed by atoms with van der Waals surface area (Å²) in [7, 11) is -3.15. The quantitative estimate of drug-likeness (QED) is 0.665. The van der Waals surface area contributed by atoms with Gasteiger partial charge in [-0.2, -0.15) is 0 Å². The number of hydrogen-bond acceptors (Lipinski definition) is 4. The summed E-state index contributed by atoms with van der Waals surface area (Å²) in [6.07, 6.45) is 0.817. The summed E-state index contributed by atoms with van der Waals surface area (Å²) in [6, 6.07) is 0. The molecule has 1 heterocycles. The number of aliphatic hydroxyl groups excluding tert-OH is 1. The normalized spacial score (nSPS) is 25.7. The van der Waals surface area contributed by atoms with Crippen LogP contribution in [0.1, 0.15) is 19.8 Å². The third-order valence-electron chi connectivity index (χ3n) is 2.87. The fraction of sp³-hybridized carbons (Fsp3) is 1.00. The molecule has 0 aromatic carbocycles. The molecule has 5 nitrogen and oxygen atoms in total. The van der Waals surface area contributed by atoms with E-state index in [0.717, 1.165) is 6.42 Å². The minimum absolute atomic E-state index is 0.0812. The molecule has 0 bridgehead atoms. The van der Waals surface area contributed by atoms with Crippen LogP contribution in [-0.2, 0) is 10.0 Å². The molecule has 0 saturated carbocycles. The summed E-state index contributed by atoms with van der Waals surface area (Å²) in [5.41, 5.74) is 5.29. The van der Waals surface area contributed by atoms with Crippen molar-refractivity contribution in [2.75, 3.05) is 25.4 Å². The van der Waals surface area contributed by atoms with Gasteiger partial charge in [-0.05, 0) is 32.2 Å². The van der Waals surface area contributed by atoms with Crippen molar-refractivity contribution in [2.45, 2.75) is 25.9 Å². The highest BCUT2D eigenvalue weighted by atomic mass is 32.2. The Bertz CT molecular complexity index is 290. The van der Waals surface area contributed by atoms with Crippen LogP contribution in [-0.4, -0.2) is 49.3 Å². The molecule has 0 amide bonds. The number of rotatable bonds is 5. The van der Waals surface area contributed by atoms with E-state index in [2.05, 4.69) is 0 Å². The second-order valence-electron chi connectivity index (χ2n) is 4.11. The van der Waals surface area contributed by atoms with Crippen LogP contribution in [0.2, 0.25) is 0 Å². The van der Waals surface area contributed by atoms with Gasteiger partial charge in [-0.15, -0.1) is 0 Å². The standard InChI is InChI=1S/C9H20N2O3S/c1-8(12)9-3-5-11(7-9)15(13,14)6-2-4-10/h8-9,12H,2-7,10H2,1H3. The Morgan fingerprint density at radius 3 is 2.73 bits per heavy atom. The monoisotopic (exact) mass is 236 g/mol. The van der Waals surface area contributed by atoms with Crippen molar-refractivity contribution in [1.82, 2.24) is 4.31 Å². The van der Waals surface area contributed by atoms with Gasteiger partial charge >= 0.3 is 0 Å². The van der Waals surface area contributed by atoms with E-state index in [4.69, 9.17) is 5.73 Å². The average molecular weight is 236 g/mol. The van der Waals surface area contributed by atoms with E-state index in [1.807, 2.05) is 0 Å². The molecule has 3 N–H and O–H groups in total. The van der Waals surface area contributed by atoms with Crippen LogP contribution in [0.25, 0.3) is 0 Å². The Balaban J connectivity index is 2.52. The third-order valence-corrected chi connectivity index (χ3v) is 4.79. The molecule has 2 atom stereocenters. The molecule has 2 unspecified atom stereocenters. The first-order chi connectivity index (χ1) is 6.97. The first-order valence-corrected chi connectivity index (χ1v) is 6.94. The van der Waals surface area contributed by atoms with Crippen LogP contribution < -0.4 is 5.73 Å². The Morgan fingerprint density at radius 2 is 2.27 bits per heavy atom. The first kappa shape index (κ1) is 12.9. The molecule has 1 saturated heterocycles. The van der Waals surface area contributed by atoms with Crippen molar-refractivity contribution in [2.24, 2.45) is 11.7 Å². The topological polar surface area (TPSA) is 83.6 Å². The van der Waals surface area contributed by atoms with E-state index >= 15 is 0 Å². The molecule has 1 fully saturated rings. The first-order valence-electron chi connectivity index (χ1n) is 5.33. The fourth-order valence-corrected chi connectivity index (χ4v) is 3.39. The van der Waals surface area contributed by atoms with Gasteiger partial charge in [0.2, 0.25) is 10.0 Å². The average Bonchev–Trinajstić information content (AvgIpc) is 2.64. The molecule has 1 aliphatic heterocycles. The molecule has 1 aliphatic rings. The van der Waals surface area contributed by atoms with E-state index in [-0.39, 0.29) is 11.7 Å². The highest BCUT2D eigenvalue weighted by Gasteiger charge is 2.32. The van der Waals surface area contributed by atoms with Crippen molar-refractivity contribution in [3.05, 3.63) is 0 Å². The Labute approximate surface area is 91.3 Å². The number of nitrogens with zero attached hydrogens (tertiary/aromatic N) is 1. The highest BCUT2D eigenvalue weighted by Crippen LogP contribution is 2.22. The maximum Gasteiger partial charge on any atom is 0.214 e. The molecule has 0 spiro atoms. The molecule has 6 heteroatoms. The summed E-state index contributed by atoms with van der Waals surface area (Å²) < 4.78 is 25.0. The molecule has 90 valence electrons. The van der Waals surface area contributed by atoms with Gasteiger partial charge in [0.1, 0.15) is 0 Å². The van der Waals surface area contributed by atoms with Crippen LogP contribution in [0, 0.1) is 5.92 Å². The van der Waals surface area contributed by atoms with Crippen LogP contribution in [0.4, 0.5) is 0 Å².